The molecule has 47 heavy (non-hydrogen) atoms. The topological polar surface area (TPSA) is 132 Å². The fourth-order valence-corrected chi connectivity index (χ4v) is 5.50. The zero-order valence-electron chi connectivity index (χ0n) is 28.0. The second-order valence-electron chi connectivity index (χ2n) is 12.5. The molecule has 1 aliphatic rings. The highest BCUT2D eigenvalue weighted by atomic mass is 16.6. The molecule has 4 amide bonds. The van der Waals surface area contributed by atoms with Crippen molar-refractivity contribution in [3.05, 3.63) is 77.9 Å². The first-order valence-electron chi connectivity index (χ1n) is 15.3. The molecule has 0 unspecified atom stereocenters. The number of hydrogen-bond acceptors (Lipinski definition) is 7. The van der Waals surface area contributed by atoms with Gasteiger partial charge in [-0.25, -0.2) is 4.79 Å². The number of hydrogen-bond donors (Lipinski definition) is 1. The van der Waals surface area contributed by atoms with Gasteiger partial charge in [-0.15, -0.1) is 0 Å². The van der Waals surface area contributed by atoms with Crippen LogP contribution in [-0.4, -0.2) is 66.6 Å². The van der Waals surface area contributed by atoms with Gasteiger partial charge in [0.1, 0.15) is 23.4 Å². The molecule has 1 aliphatic heterocycles. The number of anilines is 2. The highest BCUT2D eigenvalue weighted by Gasteiger charge is 2.42. The standard InChI is InChI=1S/C36H41N5O6/c1-22-32(38-33(43)23(2)39(7)35(45)47-36(4,5)6)34(44)40(29-16-14-25(20-37)18-30(29)41(22)24(3)42)21-28-19-27(15-17-31(28)46-8)26-12-10-9-11-13-26/h9-19,22-23,32H,21H2,1-8H3,(H,38,43)/t22-,23-,32-/m0/s1. The number of ether oxygens (including phenoxy) is 2. The van der Waals surface area contributed by atoms with Crippen LogP contribution in [-0.2, 0) is 25.7 Å². The number of carbonyl (C=O) groups is 4. The van der Waals surface area contributed by atoms with Gasteiger partial charge in [-0.2, -0.15) is 5.26 Å². The van der Waals surface area contributed by atoms with Crippen LogP contribution in [0.25, 0.3) is 11.1 Å². The molecule has 3 atom stereocenters. The Kier molecular flexibility index (Phi) is 10.2. The molecule has 0 saturated heterocycles. The summed E-state index contributed by atoms with van der Waals surface area (Å²) in [6, 6.07) is 19.3. The van der Waals surface area contributed by atoms with Gasteiger partial charge in [-0.3, -0.25) is 19.3 Å². The van der Waals surface area contributed by atoms with E-state index >= 15 is 0 Å². The average molecular weight is 640 g/mol. The summed E-state index contributed by atoms with van der Waals surface area (Å²) < 4.78 is 11.1. The maximum Gasteiger partial charge on any atom is 0.410 e. The van der Waals surface area contributed by atoms with Crippen LogP contribution in [0, 0.1) is 11.3 Å². The van der Waals surface area contributed by atoms with Gasteiger partial charge in [0, 0.05) is 19.5 Å². The van der Waals surface area contributed by atoms with Crippen molar-refractivity contribution >= 4 is 35.2 Å². The van der Waals surface area contributed by atoms with Crippen molar-refractivity contribution in [3.8, 4) is 22.9 Å². The molecule has 11 heteroatoms. The lowest BCUT2D eigenvalue weighted by atomic mass is 10.0. The predicted molar refractivity (Wildman–Crippen MR) is 179 cm³/mol. The van der Waals surface area contributed by atoms with Crippen LogP contribution in [0.2, 0.25) is 0 Å². The van der Waals surface area contributed by atoms with Crippen molar-refractivity contribution in [3.63, 3.8) is 0 Å². The summed E-state index contributed by atoms with van der Waals surface area (Å²) in [7, 11) is 2.99. The van der Waals surface area contributed by atoms with E-state index in [0.717, 1.165) is 16.0 Å². The molecule has 3 aromatic rings. The second-order valence-corrected chi connectivity index (χ2v) is 12.5. The molecule has 0 spiro atoms. The van der Waals surface area contributed by atoms with Gasteiger partial charge in [0.15, 0.2) is 0 Å². The van der Waals surface area contributed by atoms with E-state index in [9.17, 15) is 24.4 Å². The third-order valence-electron chi connectivity index (χ3n) is 8.07. The molecule has 246 valence electrons. The summed E-state index contributed by atoms with van der Waals surface area (Å²) in [5, 5.41) is 12.5. The first-order valence-corrected chi connectivity index (χ1v) is 15.3. The monoisotopic (exact) mass is 639 g/mol. The molecule has 0 bridgehead atoms. The Morgan fingerprint density at radius 2 is 1.70 bits per heavy atom. The van der Waals surface area contributed by atoms with Crippen molar-refractivity contribution in [1.82, 2.24) is 10.2 Å². The van der Waals surface area contributed by atoms with Crippen LogP contribution in [0.5, 0.6) is 5.75 Å². The normalized spacial score (nSPS) is 16.7. The Morgan fingerprint density at radius 3 is 2.30 bits per heavy atom. The Morgan fingerprint density at radius 1 is 1.02 bits per heavy atom. The van der Waals surface area contributed by atoms with Gasteiger partial charge < -0.3 is 24.6 Å². The average Bonchev–Trinajstić information content (AvgIpc) is 3.11. The molecule has 11 nitrogen and oxygen atoms in total. The highest BCUT2D eigenvalue weighted by Crippen LogP contribution is 2.38. The zero-order chi connectivity index (χ0) is 34.6. The fraction of sp³-hybridized carbons (Fsp3) is 0.361. The number of amides is 4. The highest BCUT2D eigenvalue weighted by molar-refractivity contribution is 6.08. The molecule has 0 saturated carbocycles. The van der Waals surface area contributed by atoms with E-state index in [4.69, 9.17) is 9.47 Å². The van der Waals surface area contributed by atoms with E-state index in [1.54, 1.807) is 53.0 Å². The van der Waals surface area contributed by atoms with Gasteiger partial charge in [0.25, 0.3) is 5.91 Å². The fourth-order valence-electron chi connectivity index (χ4n) is 5.50. The molecule has 4 rings (SSSR count). The van der Waals surface area contributed by atoms with Crippen molar-refractivity contribution in [1.29, 1.82) is 5.26 Å². The molecule has 0 aliphatic carbocycles. The summed E-state index contributed by atoms with van der Waals surface area (Å²) in [5.74, 6) is -0.939. The first kappa shape index (κ1) is 34.5. The van der Waals surface area contributed by atoms with E-state index in [-0.39, 0.29) is 12.5 Å². The van der Waals surface area contributed by atoms with Crippen molar-refractivity contribution in [2.24, 2.45) is 0 Å². The lowest BCUT2D eigenvalue weighted by Gasteiger charge is -2.33. The Hall–Kier alpha value is -5.37. The van der Waals surface area contributed by atoms with Gasteiger partial charge in [0.2, 0.25) is 11.8 Å². The summed E-state index contributed by atoms with van der Waals surface area (Å²) in [4.78, 5) is 58.3. The molecule has 0 fully saturated rings. The number of carbonyl (C=O) groups excluding carboxylic acids is 4. The number of nitrogens with zero attached hydrogens (tertiary/aromatic N) is 4. The molecular formula is C36H41N5O6. The SMILES string of the molecule is COc1ccc(-c2ccccc2)cc1CN1C(=O)[C@@H](NC(=O)[C@H](C)N(C)C(=O)OC(C)(C)C)[C@H](C)N(C(C)=O)c2cc(C#N)ccc21. The first-order chi connectivity index (χ1) is 22.2. The summed E-state index contributed by atoms with van der Waals surface area (Å²) >= 11 is 0. The van der Waals surface area contributed by atoms with Crippen molar-refractivity contribution in [2.75, 3.05) is 24.0 Å². The number of nitrogens with one attached hydrogen (secondary N) is 1. The lowest BCUT2D eigenvalue weighted by molar-refractivity contribution is -0.131. The van der Waals surface area contributed by atoms with Crippen LogP contribution >= 0.6 is 0 Å². The molecule has 3 aromatic carbocycles. The minimum Gasteiger partial charge on any atom is -0.496 e. The maximum absolute atomic E-state index is 14.6. The number of rotatable bonds is 7. The number of methoxy groups -OCH3 is 1. The number of benzene rings is 3. The summed E-state index contributed by atoms with van der Waals surface area (Å²) in [5.41, 5.74) is 2.83. The smallest absolute Gasteiger partial charge is 0.410 e. The second kappa shape index (κ2) is 14.0. The van der Waals surface area contributed by atoms with Crippen molar-refractivity contribution in [2.45, 2.75) is 71.8 Å². The Bertz CT molecular complexity index is 1710. The number of nitriles is 1. The van der Waals surface area contributed by atoms with Gasteiger partial charge in [-0.1, -0.05) is 36.4 Å². The molecular weight excluding hydrogens is 598 g/mol. The van der Waals surface area contributed by atoms with Gasteiger partial charge in [0.05, 0.1) is 42.7 Å². The molecule has 1 N–H and O–H groups in total. The van der Waals surface area contributed by atoms with Crippen LogP contribution in [0.1, 0.15) is 52.7 Å². The van der Waals surface area contributed by atoms with E-state index < -0.39 is 41.6 Å². The quantitative estimate of drug-likeness (QED) is 0.373. The van der Waals surface area contributed by atoms with Crippen molar-refractivity contribution < 1.29 is 28.7 Å². The minimum absolute atomic E-state index is 0.0276. The number of fused-ring (bicyclic) bond motifs is 1. The Balaban J connectivity index is 1.80. The summed E-state index contributed by atoms with van der Waals surface area (Å²) in [6.45, 7) is 9.75. The van der Waals surface area contributed by atoms with E-state index in [1.165, 1.54) is 30.7 Å². The van der Waals surface area contributed by atoms with Gasteiger partial charge >= 0.3 is 6.09 Å². The van der Waals surface area contributed by atoms with Crippen LogP contribution in [0.3, 0.4) is 0 Å². The summed E-state index contributed by atoms with van der Waals surface area (Å²) in [6.07, 6.45) is -0.700. The predicted octanol–water partition coefficient (Wildman–Crippen LogP) is 5.26. The van der Waals surface area contributed by atoms with E-state index in [2.05, 4.69) is 11.4 Å². The van der Waals surface area contributed by atoms with Crippen LogP contribution < -0.4 is 19.9 Å². The van der Waals surface area contributed by atoms with E-state index in [0.29, 0.717) is 28.3 Å². The molecule has 1 heterocycles. The molecule has 0 aromatic heterocycles. The third-order valence-corrected chi connectivity index (χ3v) is 8.07. The maximum atomic E-state index is 14.6. The van der Waals surface area contributed by atoms with Gasteiger partial charge in [-0.05, 0) is 76.1 Å². The minimum atomic E-state index is -1.22. The van der Waals surface area contributed by atoms with E-state index in [1.807, 2.05) is 48.5 Å². The van der Waals surface area contributed by atoms with Crippen LogP contribution in [0.15, 0.2) is 66.7 Å². The largest absolute Gasteiger partial charge is 0.496 e. The number of likely N-dealkylation sites (N-methyl/N-ethyl adjacent to an activating group) is 1. The third kappa shape index (κ3) is 7.55. The lowest BCUT2D eigenvalue weighted by Crippen LogP contribution is -2.60. The van der Waals surface area contributed by atoms with Crippen LogP contribution in [0.4, 0.5) is 16.2 Å². The Labute approximate surface area is 275 Å². The molecule has 0 radical (unpaired) electrons. The zero-order valence-corrected chi connectivity index (χ0v) is 28.0.